The molecule has 0 nitrogen and oxygen atoms in total. The van der Waals surface area contributed by atoms with Crippen LogP contribution in [0.3, 0.4) is 0 Å². The average molecular weight is 425 g/mol. The summed E-state index contributed by atoms with van der Waals surface area (Å²) < 4.78 is 29.9. The van der Waals surface area contributed by atoms with Crippen LogP contribution in [0, 0.1) is 29.4 Å². The minimum atomic E-state index is -0.650. The van der Waals surface area contributed by atoms with Gasteiger partial charge in [-0.2, -0.15) is 0 Å². The fourth-order valence-corrected chi connectivity index (χ4v) is 6.08. The Balaban J connectivity index is 1.35. The van der Waals surface area contributed by atoms with Crippen molar-refractivity contribution in [3.63, 3.8) is 0 Å². The summed E-state index contributed by atoms with van der Waals surface area (Å²) >= 11 is 0. The molecule has 0 aliphatic heterocycles. The van der Waals surface area contributed by atoms with Gasteiger partial charge in [0.2, 0.25) is 0 Å². The smallest absolute Gasteiger partial charge is 0.166 e. The second kappa shape index (κ2) is 10.3. The van der Waals surface area contributed by atoms with Gasteiger partial charge in [0.15, 0.2) is 11.6 Å². The molecule has 0 heterocycles. The standard InChI is InChI=1S/C29H38F2/c1-3-5-23-14-17-25-19-27(29(31)28(30)26(25)18-23)24-15-12-22(13-16-24)11-10-21-8-6-20(4-2)7-9-21/h4,14,17-22,24H,2-3,5-13,15-16H2,1H3. The van der Waals surface area contributed by atoms with Crippen molar-refractivity contribution in [2.75, 3.05) is 0 Å². The number of benzene rings is 2. The van der Waals surface area contributed by atoms with Crippen molar-refractivity contribution in [2.45, 2.75) is 89.9 Å². The van der Waals surface area contributed by atoms with Crippen molar-refractivity contribution in [2.24, 2.45) is 17.8 Å². The maximum Gasteiger partial charge on any atom is 0.166 e. The van der Waals surface area contributed by atoms with Crippen LogP contribution in [0.5, 0.6) is 0 Å². The molecule has 0 atom stereocenters. The van der Waals surface area contributed by atoms with E-state index in [9.17, 15) is 4.39 Å². The third kappa shape index (κ3) is 5.21. The number of aryl methyl sites for hydroxylation is 1. The molecule has 31 heavy (non-hydrogen) atoms. The van der Waals surface area contributed by atoms with E-state index < -0.39 is 11.6 Å². The van der Waals surface area contributed by atoms with Crippen LogP contribution >= 0.6 is 0 Å². The van der Waals surface area contributed by atoms with Crippen molar-refractivity contribution in [1.29, 1.82) is 0 Å². The van der Waals surface area contributed by atoms with Crippen molar-refractivity contribution in [3.8, 4) is 0 Å². The third-order valence-corrected chi connectivity index (χ3v) is 8.14. The maximum atomic E-state index is 15.0. The second-order valence-electron chi connectivity index (χ2n) is 10.2. The molecule has 0 saturated heterocycles. The third-order valence-electron chi connectivity index (χ3n) is 8.14. The monoisotopic (exact) mass is 424 g/mol. The molecule has 2 fully saturated rings. The van der Waals surface area contributed by atoms with E-state index in [2.05, 4.69) is 25.6 Å². The summed E-state index contributed by atoms with van der Waals surface area (Å²) in [5, 5.41) is 1.28. The van der Waals surface area contributed by atoms with E-state index in [0.717, 1.165) is 67.2 Å². The molecule has 0 radical (unpaired) electrons. The first-order chi connectivity index (χ1) is 15.1. The van der Waals surface area contributed by atoms with Crippen molar-refractivity contribution < 1.29 is 8.78 Å². The van der Waals surface area contributed by atoms with Gasteiger partial charge < -0.3 is 0 Å². The quantitative estimate of drug-likeness (QED) is 0.389. The number of halogens is 2. The molecule has 2 aliphatic carbocycles. The average Bonchev–Trinajstić information content (AvgIpc) is 2.81. The molecule has 0 bridgehead atoms. The van der Waals surface area contributed by atoms with Gasteiger partial charge in [-0.05, 0) is 110 Å². The summed E-state index contributed by atoms with van der Waals surface area (Å²) in [6.45, 7) is 6.06. The lowest BCUT2D eigenvalue weighted by Crippen LogP contribution is -2.17. The Morgan fingerprint density at radius 1 is 0.871 bits per heavy atom. The van der Waals surface area contributed by atoms with E-state index in [-0.39, 0.29) is 5.92 Å². The van der Waals surface area contributed by atoms with Gasteiger partial charge >= 0.3 is 0 Å². The molecule has 2 aliphatic rings. The van der Waals surface area contributed by atoms with E-state index in [1.165, 1.54) is 38.5 Å². The zero-order valence-corrected chi connectivity index (χ0v) is 19.1. The van der Waals surface area contributed by atoms with Crippen molar-refractivity contribution >= 4 is 10.8 Å². The van der Waals surface area contributed by atoms with Crippen LogP contribution in [0.4, 0.5) is 8.78 Å². The molecule has 2 aromatic carbocycles. The molecule has 0 spiro atoms. The van der Waals surface area contributed by atoms with Gasteiger partial charge in [-0.1, -0.05) is 44.4 Å². The SMILES string of the molecule is C=CC1CCC(CCC2CCC(c3cc4ccc(CCC)cc4c(F)c3F)CC2)CC1. The molecule has 168 valence electrons. The molecule has 4 rings (SSSR count). The Hall–Kier alpha value is -1.70. The van der Waals surface area contributed by atoms with Crippen LogP contribution < -0.4 is 0 Å². The fraction of sp³-hybridized carbons (Fsp3) is 0.586. The highest BCUT2D eigenvalue weighted by Gasteiger charge is 2.27. The zero-order valence-electron chi connectivity index (χ0n) is 19.1. The van der Waals surface area contributed by atoms with Gasteiger partial charge in [0, 0.05) is 5.39 Å². The zero-order chi connectivity index (χ0) is 21.8. The van der Waals surface area contributed by atoms with E-state index >= 15 is 4.39 Å². The van der Waals surface area contributed by atoms with Gasteiger partial charge in [-0.3, -0.25) is 0 Å². The highest BCUT2D eigenvalue weighted by molar-refractivity contribution is 5.85. The molecule has 0 unspecified atom stereocenters. The predicted octanol–water partition coefficient (Wildman–Crippen LogP) is 9.12. The lowest BCUT2D eigenvalue weighted by molar-refractivity contribution is 0.245. The number of rotatable bonds is 7. The first-order valence-electron chi connectivity index (χ1n) is 12.6. The summed E-state index contributed by atoms with van der Waals surface area (Å²) in [4.78, 5) is 0. The largest absolute Gasteiger partial charge is 0.203 e. The van der Waals surface area contributed by atoms with E-state index in [1.54, 1.807) is 0 Å². The predicted molar refractivity (Wildman–Crippen MR) is 127 cm³/mol. The van der Waals surface area contributed by atoms with Crippen LogP contribution in [0.1, 0.15) is 94.6 Å². The van der Waals surface area contributed by atoms with Gasteiger partial charge in [0.25, 0.3) is 0 Å². The summed E-state index contributed by atoms with van der Waals surface area (Å²) in [5.74, 6) is 1.29. The molecule has 2 aromatic rings. The summed E-state index contributed by atoms with van der Waals surface area (Å²) in [6, 6.07) is 7.79. The molecule has 0 N–H and O–H groups in total. The highest BCUT2D eigenvalue weighted by atomic mass is 19.2. The van der Waals surface area contributed by atoms with E-state index in [1.807, 2.05) is 18.2 Å². The molecule has 0 aromatic heterocycles. The van der Waals surface area contributed by atoms with Gasteiger partial charge in [-0.15, -0.1) is 6.58 Å². The van der Waals surface area contributed by atoms with Crippen LogP contribution in [0.2, 0.25) is 0 Å². The van der Waals surface area contributed by atoms with Crippen LogP contribution in [-0.2, 0) is 6.42 Å². The Labute approximate surface area is 187 Å². The second-order valence-corrected chi connectivity index (χ2v) is 10.2. The summed E-state index contributed by atoms with van der Waals surface area (Å²) in [6.07, 6.45) is 16.3. The number of hydrogen-bond acceptors (Lipinski definition) is 0. The van der Waals surface area contributed by atoms with Crippen LogP contribution in [-0.4, -0.2) is 0 Å². The fourth-order valence-electron chi connectivity index (χ4n) is 6.08. The lowest BCUT2D eigenvalue weighted by Gasteiger charge is -2.32. The molecular weight excluding hydrogens is 386 g/mol. The van der Waals surface area contributed by atoms with E-state index in [0.29, 0.717) is 10.9 Å². The van der Waals surface area contributed by atoms with E-state index in [4.69, 9.17) is 0 Å². The Kier molecular flexibility index (Phi) is 7.46. The first kappa shape index (κ1) is 22.5. The summed E-state index contributed by atoms with van der Waals surface area (Å²) in [5.41, 5.74) is 1.69. The van der Waals surface area contributed by atoms with Gasteiger partial charge in [0.1, 0.15) is 0 Å². The highest BCUT2D eigenvalue weighted by Crippen LogP contribution is 2.41. The topological polar surface area (TPSA) is 0 Å². The molecule has 0 amide bonds. The van der Waals surface area contributed by atoms with Crippen LogP contribution in [0.15, 0.2) is 36.9 Å². The minimum absolute atomic E-state index is 0.161. The maximum absolute atomic E-state index is 15.0. The lowest BCUT2D eigenvalue weighted by atomic mass is 9.74. The van der Waals surface area contributed by atoms with Gasteiger partial charge in [-0.25, -0.2) is 8.78 Å². The number of hydrogen-bond donors (Lipinski definition) is 0. The normalized spacial score (nSPS) is 26.8. The Bertz CT molecular complexity index is 883. The minimum Gasteiger partial charge on any atom is -0.203 e. The Morgan fingerprint density at radius 2 is 1.52 bits per heavy atom. The van der Waals surface area contributed by atoms with Gasteiger partial charge in [0.05, 0.1) is 0 Å². The molecule has 2 heteroatoms. The Morgan fingerprint density at radius 3 is 2.13 bits per heavy atom. The molecule has 2 saturated carbocycles. The summed E-state index contributed by atoms with van der Waals surface area (Å²) in [7, 11) is 0. The molecular formula is C29H38F2. The van der Waals surface area contributed by atoms with Crippen molar-refractivity contribution in [3.05, 3.63) is 59.7 Å². The number of allylic oxidation sites excluding steroid dienone is 1. The van der Waals surface area contributed by atoms with Crippen molar-refractivity contribution in [1.82, 2.24) is 0 Å². The number of fused-ring (bicyclic) bond motifs is 1. The first-order valence-corrected chi connectivity index (χ1v) is 12.6. The van der Waals surface area contributed by atoms with Crippen LogP contribution in [0.25, 0.3) is 10.8 Å².